The van der Waals surface area contributed by atoms with E-state index in [1.54, 1.807) is 0 Å². The zero-order chi connectivity index (χ0) is 14.0. The molecular weight excluding hydrogens is 246 g/mol. The van der Waals surface area contributed by atoms with Crippen molar-refractivity contribution in [3.8, 4) is 5.75 Å². The first-order valence-corrected chi connectivity index (χ1v) is 7.34. The van der Waals surface area contributed by atoms with Crippen molar-refractivity contribution < 1.29 is 4.74 Å². The molecule has 0 fully saturated rings. The van der Waals surface area contributed by atoms with Gasteiger partial charge >= 0.3 is 0 Å². The molecule has 0 spiro atoms. The zero-order valence-electron chi connectivity index (χ0n) is 11.9. The van der Waals surface area contributed by atoms with Crippen LogP contribution >= 0.6 is 0 Å². The van der Waals surface area contributed by atoms with Crippen LogP contribution in [-0.2, 0) is 12.8 Å². The SMILES string of the molecule is NCCOc1cccc(CCCCc2ccccc2)c1. The number of rotatable bonds is 8. The lowest BCUT2D eigenvalue weighted by Gasteiger charge is -2.07. The quantitative estimate of drug-likeness (QED) is 0.743. The van der Waals surface area contributed by atoms with Gasteiger partial charge in [0.2, 0.25) is 0 Å². The first kappa shape index (κ1) is 14.6. The molecule has 20 heavy (non-hydrogen) atoms. The van der Waals surface area contributed by atoms with Crippen LogP contribution in [-0.4, -0.2) is 13.2 Å². The predicted octanol–water partition coefficient (Wildman–Crippen LogP) is 3.59. The Hall–Kier alpha value is -1.80. The molecule has 2 nitrogen and oxygen atoms in total. The van der Waals surface area contributed by atoms with Gasteiger partial charge in [-0.05, 0) is 48.9 Å². The van der Waals surface area contributed by atoms with Gasteiger partial charge in [-0.2, -0.15) is 0 Å². The third-order valence-electron chi connectivity index (χ3n) is 3.31. The lowest BCUT2D eigenvalue weighted by Crippen LogP contribution is -2.10. The van der Waals surface area contributed by atoms with Gasteiger partial charge in [-0.25, -0.2) is 0 Å². The number of hydrogen-bond acceptors (Lipinski definition) is 2. The van der Waals surface area contributed by atoms with E-state index in [0.29, 0.717) is 13.2 Å². The van der Waals surface area contributed by atoms with Gasteiger partial charge in [-0.1, -0.05) is 42.5 Å². The van der Waals surface area contributed by atoms with Crippen LogP contribution < -0.4 is 10.5 Å². The number of benzene rings is 2. The maximum atomic E-state index is 5.55. The van der Waals surface area contributed by atoms with Gasteiger partial charge in [0.1, 0.15) is 12.4 Å². The van der Waals surface area contributed by atoms with E-state index in [4.69, 9.17) is 10.5 Å². The second-order valence-electron chi connectivity index (χ2n) is 4.98. The van der Waals surface area contributed by atoms with E-state index in [-0.39, 0.29) is 0 Å². The Kier molecular flexibility index (Phi) is 6.12. The van der Waals surface area contributed by atoms with Crippen molar-refractivity contribution in [2.75, 3.05) is 13.2 Å². The van der Waals surface area contributed by atoms with Crippen LogP contribution in [0.4, 0.5) is 0 Å². The van der Waals surface area contributed by atoms with Gasteiger partial charge < -0.3 is 10.5 Å². The highest BCUT2D eigenvalue weighted by Gasteiger charge is 1.98. The Bertz CT molecular complexity index is 496. The van der Waals surface area contributed by atoms with Crippen LogP contribution in [0.3, 0.4) is 0 Å². The van der Waals surface area contributed by atoms with E-state index in [1.807, 2.05) is 6.07 Å². The Morgan fingerprint density at radius 3 is 2.25 bits per heavy atom. The molecule has 0 saturated heterocycles. The summed E-state index contributed by atoms with van der Waals surface area (Å²) in [4.78, 5) is 0. The minimum absolute atomic E-state index is 0.557. The third-order valence-corrected chi connectivity index (χ3v) is 3.31. The van der Waals surface area contributed by atoms with Crippen LogP contribution in [0.2, 0.25) is 0 Å². The van der Waals surface area contributed by atoms with Crippen LogP contribution in [0, 0.1) is 0 Å². The fourth-order valence-electron chi connectivity index (χ4n) is 2.27. The highest BCUT2D eigenvalue weighted by molar-refractivity contribution is 5.28. The van der Waals surface area contributed by atoms with Gasteiger partial charge in [0.05, 0.1) is 0 Å². The Balaban J connectivity index is 1.73. The van der Waals surface area contributed by atoms with Gasteiger partial charge in [-0.15, -0.1) is 0 Å². The minimum atomic E-state index is 0.557. The van der Waals surface area contributed by atoms with Crippen molar-refractivity contribution in [3.63, 3.8) is 0 Å². The fraction of sp³-hybridized carbons (Fsp3) is 0.333. The van der Waals surface area contributed by atoms with Gasteiger partial charge in [0.25, 0.3) is 0 Å². The molecule has 0 aromatic heterocycles. The molecule has 2 heteroatoms. The monoisotopic (exact) mass is 269 g/mol. The van der Waals surface area contributed by atoms with Crippen molar-refractivity contribution in [1.29, 1.82) is 0 Å². The summed E-state index contributed by atoms with van der Waals surface area (Å²) in [5.74, 6) is 0.927. The number of unbranched alkanes of at least 4 members (excludes halogenated alkanes) is 1. The van der Waals surface area contributed by atoms with Crippen LogP contribution in [0.5, 0.6) is 5.75 Å². The Morgan fingerprint density at radius 2 is 1.50 bits per heavy atom. The van der Waals surface area contributed by atoms with E-state index in [0.717, 1.165) is 18.6 Å². The molecule has 0 amide bonds. The zero-order valence-corrected chi connectivity index (χ0v) is 11.9. The number of hydrogen-bond donors (Lipinski definition) is 1. The fourth-order valence-corrected chi connectivity index (χ4v) is 2.27. The van der Waals surface area contributed by atoms with E-state index in [2.05, 4.69) is 48.5 Å². The number of nitrogens with two attached hydrogens (primary N) is 1. The average molecular weight is 269 g/mol. The summed E-state index contributed by atoms with van der Waals surface area (Å²) in [5, 5.41) is 0. The van der Waals surface area contributed by atoms with E-state index >= 15 is 0 Å². The molecule has 2 aromatic carbocycles. The normalized spacial score (nSPS) is 10.4. The molecule has 0 bridgehead atoms. The van der Waals surface area contributed by atoms with E-state index < -0.39 is 0 Å². The molecule has 0 aliphatic heterocycles. The molecule has 2 rings (SSSR count). The predicted molar refractivity (Wildman–Crippen MR) is 84.1 cm³/mol. The summed E-state index contributed by atoms with van der Waals surface area (Å²) in [6.45, 7) is 1.14. The molecule has 0 aliphatic rings. The van der Waals surface area contributed by atoms with E-state index in [9.17, 15) is 0 Å². The summed E-state index contributed by atoms with van der Waals surface area (Å²) in [6.07, 6.45) is 4.68. The molecule has 0 saturated carbocycles. The number of ether oxygens (including phenoxy) is 1. The van der Waals surface area contributed by atoms with Crippen molar-refractivity contribution in [1.82, 2.24) is 0 Å². The van der Waals surface area contributed by atoms with Crippen LogP contribution in [0.25, 0.3) is 0 Å². The summed E-state index contributed by atoms with van der Waals surface area (Å²) in [7, 11) is 0. The van der Waals surface area contributed by atoms with Crippen molar-refractivity contribution in [3.05, 3.63) is 65.7 Å². The number of aryl methyl sites for hydroxylation is 2. The highest BCUT2D eigenvalue weighted by atomic mass is 16.5. The summed E-state index contributed by atoms with van der Waals surface area (Å²) >= 11 is 0. The summed E-state index contributed by atoms with van der Waals surface area (Å²) in [6, 6.07) is 19.0. The lowest BCUT2D eigenvalue weighted by molar-refractivity contribution is 0.328. The summed E-state index contributed by atoms with van der Waals surface area (Å²) in [5.41, 5.74) is 8.21. The second-order valence-corrected chi connectivity index (χ2v) is 4.98. The smallest absolute Gasteiger partial charge is 0.119 e. The maximum absolute atomic E-state index is 5.55. The van der Waals surface area contributed by atoms with Crippen molar-refractivity contribution >= 4 is 0 Å². The lowest BCUT2D eigenvalue weighted by atomic mass is 10.0. The molecular formula is C18H23NO. The average Bonchev–Trinajstić information content (AvgIpc) is 2.51. The maximum Gasteiger partial charge on any atom is 0.119 e. The molecule has 0 atom stereocenters. The molecule has 0 aliphatic carbocycles. The molecule has 0 unspecified atom stereocenters. The summed E-state index contributed by atoms with van der Waals surface area (Å²) < 4.78 is 5.55. The molecule has 2 aromatic rings. The molecule has 0 heterocycles. The first-order valence-electron chi connectivity index (χ1n) is 7.34. The van der Waals surface area contributed by atoms with Gasteiger partial charge in [0, 0.05) is 6.54 Å². The molecule has 0 radical (unpaired) electrons. The largest absolute Gasteiger partial charge is 0.492 e. The van der Waals surface area contributed by atoms with Crippen molar-refractivity contribution in [2.24, 2.45) is 5.73 Å². The highest BCUT2D eigenvalue weighted by Crippen LogP contribution is 2.15. The Morgan fingerprint density at radius 1 is 0.800 bits per heavy atom. The molecule has 2 N–H and O–H groups in total. The second kappa shape index (κ2) is 8.39. The topological polar surface area (TPSA) is 35.2 Å². The Labute approximate surface area is 121 Å². The van der Waals surface area contributed by atoms with Crippen LogP contribution in [0.15, 0.2) is 54.6 Å². The standard InChI is InChI=1S/C18H23NO/c19-13-14-20-18-12-6-11-17(15-18)10-5-4-9-16-7-2-1-3-8-16/h1-3,6-8,11-12,15H,4-5,9-10,13-14,19H2. The minimum Gasteiger partial charge on any atom is -0.492 e. The van der Waals surface area contributed by atoms with Gasteiger partial charge in [-0.3, -0.25) is 0 Å². The van der Waals surface area contributed by atoms with E-state index in [1.165, 1.54) is 24.0 Å². The van der Waals surface area contributed by atoms with Gasteiger partial charge in [0.15, 0.2) is 0 Å². The third kappa shape index (κ3) is 5.06. The molecule has 106 valence electrons. The van der Waals surface area contributed by atoms with Crippen molar-refractivity contribution in [2.45, 2.75) is 25.7 Å². The first-order chi connectivity index (χ1) is 9.88. The van der Waals surface area contributed by atoms with Crippen LogP contribution in [0.1, 0.15) is 24.0 Å².